The SMILES string of the molecule is O=C(CCC(=O)N(CC(=O)NC1CCCC1)c1ccccc1F)Nc1nccs1. The average molecular weight is 418 g/mol. The first-order valence-corrected chi connectivity index (χ1v) is 10.4. The van der Waals surface area contributed by atoms with Gasteiger partial charge in [0.15, 0.2) is 5.13 Å². The molecule has 1 aliphatic rings. The number of amides is 3. The number of anilines is 2. The van der Waals surface area contributed by atoms with Crippen molar-refractivity contribution in [1.29, 1.82) is 0 Å². The van der Waals surface area contributed by atoms with Gasteiger partial charge in [-0.05, 0) is 25.0 Å². The zero-order valence-corrected chi connectivity index (χ0v) is 16.7. The predicted octanol–water partition coefficient (Wildman–Crippen LogP) is 3.09. The number of nitrogens with zero attached hydrogens (tertiary/aromatic N) is 2. The Morgan fingerprint density at radius 1 is 1.14 bits per heavy atom. The molecule has 0 aliphatic heterocycles. The lowest BCUT2D eigenvalue weighted by atomic mass is 10.2. The van der Waals surface area contributed by atoms with Crippen LogP contribution >= 0.6 is 11.3 Å². The van der Waals surface area contributed by atoms with E-state index in [1.165, 1.54) is 29.5 Å². The van der Waals surface area contributed by atoms with Crippen molar-refractivity contribution in [3.8, 4) is 0 Å². The Balaban J connectivity index is 1.63. The van der Waals surface area contributed by atoms with E-state index < -0.39 is 11.7 Å². The largest absolute Gasteiger partial charge is 0.352 e. The molecule has 1 aliphatic carbocycles. The molecule has 2 aromatic rings. The highest BCUT2D eigenvalue weighted by Gasteiger charge is 2.24. The van der Waals surface area contributed by atoms with Gasteiger partial charge in [0.05, 0.1) is 5.69 Å². The summed E-state index contributed by atoms with van der Waals surface area (Å²) < 4.78 is 14.3. The van der Waals surface area contributed by atoms with Gasteiger partial charge in [-0.3, -0.25) is 14.4 Å². The molecule has 3 amide bonds. The van der Waals surface area contributed by atoms with Crippen LogP contribution in [0.4, 0.5) is 15.2 Å². The Bertz CT molecular complexity index is 853. The van der Waals surface area contributed by atoms with Crippen molar-refractivity contribution in [2.75, 3.05) is 16.8 Å². The van der Waals surface area contributed by atoms with Gasteiger partial charge < -0.3 is 15.5 Å². The first-order valence-electron chi connectivity index (χ1n) is 9.56. The quantitative estimate of drug-likeness (QED) is 0.689. The molecule has 7 nitrogen and oxygen atoms in total. The summed E-state index contributed by atoms with van der Waals surface area (Å²) in [4.78, 5) is 42.3. The Morgan fingerprint density at radius 2 is 1.90 bits per heavy atom. The summed E-state index contributed by atoms with van der Waals surface area (Å²) in [7, 11) is 0. The molecule has 0 saturated heterocycles. The Kier molecular flexibility index (Phi) is 7.29. The van der Waals surface area contributed by atoms with E-state index in [9.17, 15) is 18.8 Å². The van der Waals surface area contributed by atoms with Gasteiger partial charge in [0.1, 0.15) is 12.4 Å². The first-order chi connectivity index (χ1) is 14.0. The molecule has 1 saturated carbocycles. The van der Waals surface area contributed by atoms with Crippen molar-refractivity contribution in [1.82, 2.24) is 10.3 Å². The first kappa shape index (κ1) is 20.9. The molecule has 0 spiro atoms. The number of rotatable bonds is 8. The third-order valence-corrected chi connectivity index (χ3v) is 5.40. The summed E-state index contributed by atoms with van der Waals surface area (Å²) >= 11 is 1.27. The van der Waals surface area contributed by atoms with Gasteiger partial charge >= 0.3 is 0 Å². The number of hydrogen-bond acceptors (Lipinski definition) is 5. The summed E-state index contributed by atoms with van der Waals surface area (Å²) in [5, 5.41) is 7.68. The molecule has 0 unspecified atom stereocenters. The Hall–Kier alpha value is -2.81. The third-order valence-electron chi connectivity index (χ3n) is 4.71. The van der Waals surface area contributed by atoms with Crippen LogP contribution in [0, 0.1) is 5.82 Å². The van der Waals surface area contributed by atoms with Crippen LogP contribution in [0.25, 0.3) is 0 Å². The molecular formula is C20H23FN4O3S. The van der Waals surface area contributed by atoms with E-state index in [0.717, 1.165) is 30.6 Å². The van der Waals surface area contributed by atoms with Crippen molar-refractivity contribution in [3.05, 3.63) is 41.7 Å². The molecule has 2 N–H and O–H groups in total. The standard InChI is InChI=1S/C20H23FN4O3S/c21-15-7-3-4-8-16(15)25(13-18(27)23-14-5-1-2-6-14)19(28)10-9-17(26)24-20-22-11-12-29-20/h3-4,7-8,11-12,14H,1-2,5-6,9-10,13H2,(H,23,27)(H,22,24,26). The monoisotopic (exact) mass is 418 g/mol. The lowest BCUT2D eigenvalue weighted by molar-refractivity contribution is -0.125. The minimum atomic E-state index is -0.596. The van der Waals surface area contributed by atoms with E-state index in [1.54, 1.807) is 17.6 Å². The molecule has 0 radical (unpaired) electrons. The smallest absolute Gasteiger partial charge is 0.240 e. The Labute approximate surface area is 172 Å². The molecule has 0 bridgehead atoms. The van der Waals surface area contributed by atoms with Crippen LogP contribution in [0.2, 0.25) is 0 Å². The fourth-order valence-electron chi connectivity index (χ4n) is 3.29. The van der Waals surface area contributed by atoms with E-state index in [0.29, 0.717) is 5.13 Å². The van der Waals surface area contributed by atoms with Gasteiger partial charge in [-0.2, -0.15) is 0 Å². The van der Waals surface area contributed by atoms with Crippen LogP contribution in [-0.4, -0.2) is 35.3 Å². The summed E-state index contributed by atoms with van der Waals surface area (Å²) in [6.45, 7) is -0.287. The topological polar surface area (TPSA) is 91.4 Å². The summed E-state index contributed by atoms with van der Waals surface area (Å²) in [5.41, 5.74) is 0.0272. The molecule has 1 fully saturated rings. The van der Waals surface area contributed by atoms with Crippen molar-refractivity contribution in [2.24, 2.45) is 0 Å². The number of para-hydroxylation sites is 1. The Morgan fingerprint density at radius 3 is 2.59 bits per heavy atom. The number of carbonyl (C=O) groups is 3. The van der Waals surface area contributed by atoms with Crippen LogP contribution < -0.4 is 15.5 Å². The molecule has 1 aromatic carbocycles. The molecule has 1 aromatic heterocycles. The highest BCUT2D eigenvalue weighted by atomic mass is 32.1. The molecule has 3 rings (SSSR count). The summed E-state index contributed by atoms with van der Waals surface area (Å²) in [5.74, 6) is -1.79. The van der Waals surface area contributed by atoms with E-state index in [4.69, 9.17) is 0 Å². The van der Waals surface area contributed by atoms with Gasteiger partial charge in [0.2, 0.25) is 17.7 Å². The fraction of sp³-hybridized carbons (Fsp3) is 0.400. The van der Waals surface area contributed by atoms with E-state index in [1.807, 2.05) is 0 Å². The highest BCUT2D eigenvalue weighted by Crippen LogP contribution is 2.21. The minimum Gasteiger partial charge on any atom is -0.352 e. The lowest BCUT2D eigenvalue weighted by Crippen LogP contribution is -2.44. The van der Waals surface area contributed by atoms with Crippen LogP contribution in [0.5, 0.6) is 0 Å². The maximum atomic E-state index is 14.3. The average Bonchev–Trinajstić information content (AvgIpc) is 3.39. The van der Waals surface area contributed by atoms with Crippen molar-refractivity contribution in [2.45, 2.75) is 44.6 Å². The van der Waals surface area contributed by atoms with Crippen molar-refractivity contribution < 1.29 is 18.8 Å². The number of nitrogens with one attached hydrogen (secondary N) is 2. The van der Waals surface area contributed by atoms with E-state index >= 15 is 0 Å². The second kappa shape index (κ2) is 10.1. The summed E-state index contributed by atoms with van der Waals surface area (Å²) in [6, 6.07) is 5.90. The van der Waals surface area contributed by atoms with Crippen LogP contribution in [-0.2, 0) is 14.4 Å². The van der Waals surface area contributed by atoms with Crippen LogP contribution in [0.1, 0.15) is 38.5 Å². The number of benzene rings is 1. The molecule has 29 heavy (non-hydrogen) atoms. The van der Waals surface area contributed by atoms with Gasteiger partial charge in [-0.15, -0.1) is 11.3 Å². The number of carbonyl (C=O) groups excluding carboxylic acids is 3. The number of halogens is 1. The number of hydrogen-bond donors (Lipinski definition) is 2. The number of aromatic nitrogens is 1. The maximum absolute atomic E-state index is 14.3. The highest BCUT2D eigenvalue weighted by molar-refractivity contribution is 7.13. The zero-order chi connectivity index (χ0) is 20.6. The van der Waals surface area contributed by atoms with Gasteiger partial charge in [0, 0.05) is 30.5 Å². The fourth-order valence-corrected chi connectivity index (χ4v) is 3.83. The second-order valence-electron chi connectivity index (χ2n) is 6.87. The maximum Gasteiger partial charge on any atom is 0.240 e. The van der Waals surface area contributed by atoms with Crippen molar-refractivity contribution in [3.63, 3.8) is 0 Å². The van der Waals surface area contributed by atoms with Crippen LogP contribution in [0.3, 0.4) is 0 Å². The van der Waals surface area contributed by atoms with Crippen molar-refractivity contribution >= 4 is 39.9 Å². The van der Waals surface area contributed by atoms with Gasteiger partial charge in [-0.1, -0.05) is 25.0 Å². The molecule has 9 heteroatoms. The normalized spacial score (nSPS) is 13.8. The minimum absolute atomic E-state index is 0.0272. The van der Waals surface area contributed by atoms with E-state index in [-0.39, 0.29) is 42.9 Å². The second-order valence-corrected chi connectivity index (χ2v) is 7.76. The molecular weight excluding hydrogens is 395 g/mol. The van der Waals surface area contributed by atoms with E-state index in [2.05, 4.69) is 15.6 Å². The zero-order valence-electron chi connectivity index (χ0n) is 15.9. The third kappa shape index (κ3) is 6.08. The molecule has 0 atom stereocenters. The van der Waals surface area contributed by atoms with Gasteiger partial charge in [-0.25, -0.2) is 9.37 Å². The molecule has 1 heterocycles. The lowest BCUT2D eigenvalue weighted by Gasteiger charge is -2.24. The number of thiazole rings is 1. The predicted molar refractivity (Wildman–Crippen MR) is 109 cm³/mol. The van der Waals surface area contributed by atoms with Gasteiger partial charge in [0.25, 0.3) is 0 Å². The summed E-state index contributed by atoms with van der Waals surface area (Å²) in [6.07, 6.45) is 5.28. The molecule has 154 valence electrons. The van der Waals surface area contributed by atoms with Crippen LogP contribution in [0.15, 0.2) is 35.8 Å².